The summed E-state index contributed by atoms with van der Waals surface area (Å²) in [5, 5.41) is 2.25. The van der Waals surface area contributed by atoms with Gasteiger partial charge >= 0.3 is 0 Å². The van der Waals surface area contributed by atoms with Gasteiger partial charge in [0.2, 0.25) is 5.91 Å². The minimum Gasteiger partial charge on any atom is -0.333 e. The van der Waals surface area contributed by atoms with Crippen LogP contribution in [0.3, 0.4) is 0 Å². The molecule has 144 valence electrons. The second-order valence-electron chi connectivity index (χ2n) is 9.97. The van der Waals surface area contributed by atoms with Crippen LogP contribution < -0.4 is 10.2 Å². The lowest BCUT2D eigenvalue weighted by Crippen LogP contribution is -2.98. The molecule has 0 spiro atoms. The zero-order valence-corrected chi connectivity index (χ0v) is 16.5. The molecule has 6 rings (SSSR count). The van der Waals surface area contributed by atoms with Gasteiger partial charge in [-0.15, -0.1) is 0 Å². The first-order chi connectivity index (χ1) is 12.9. The number of hydrogen-bond acceptors (Lipinski definition) is 2. The number of benzene rings is 1. The third-order valence-electron chi connectivity index (χ3n) is 8.05. The summed E-state index contributed by atoms with van der Waals surface area (Å²) in [5.41, 5.74) is 2.25. The van der Waals surface area contributed by atoms with E-state index in [0.29, 0.717) is 23.6 Å². The fourth-order valence-corrected chi connectivity index (χ4v) is 7.06. The number of amides is 2. The van der Waals surface area contributed by atoms with E-state index in [4.69, 9.17) is 0 Å². The van der Waals surface area contributed by atoms with Crippen LogP contribution >= 0.6 is 0 Å². The third kappa shape index (κ3) is 2.84. The summed E-state index contributed by atoms with van der Waals surface area (Å²) in [4.78, 5) is 27.0. The van der Waals surface area contributed by atoms with Gasteiger partial charge in [0, 0.05) is 5.41 Å². The Morgan fingerprint density at radius 2 is 1.56 bits per heavy atom. The predicted octanol–water partition coefficient (Wildman–Crippen LogP) is 2.80. The molecule has 1 aromatic rings. The average molecular weight is 368 g/mol. The number of quaternary nitrogens is 1. The Morgan fingerprint density at radius 1 is 1.00 bits per heavy atom. The standard InChI is InChI=1S/C23H30N2O2/c1-14-3-5-19(6-4-14)25-21(26)10-20(22(25)27)24-15(2)23-11-16-7-17(12-23)9-18(8-16)13-23/h3-6,15-18,20,24H,7-13H2,1-2H3/p+1/t15-,16?,17?,18?,20+,23?/m1/s1. The van der Waals surface area contributed by atoms with Gasteiger partial charge in [0.15, 0.2) is 6.04 Å². The summed E-state index contributed by atoms with van der Waals surface area (Å²) in [6.45, 7) is 4.33. The van der Waals surface area contributed by atoms with E-state index in [2.05, 4.69) is 12.2 Å². The summed E-state index contributed by atoms with van der Waals surface area (Å²) >= 11 is 0. The highest BCUT2D eigenvalue weighted by atomic mass is 16.2. The van der Waals surface area contributed by atoms with Gasteiger partial charge in [-0.25, -0.2) is 4.90 Å². The second kappa shape index (κ2) is 6.16. The molecule has 4 nitrogen and oxygen atoms in total. The molecule has 27 heavy (non-hydrogen) atoms. The Morgan fingerprint density at radius 3 is 2.11 bits per heavy atom. The summed E-state index contributed by atoms with van der Waals surface area (Å²) < 4.78 is 0. The van der Waals surface area contributed by atoms with Crippen LogP contribution in [0, 0.1) is 30.1 Å². The molecule has 4 aliphatic carbocycles. The van der Waals surface area contributed by atoms with Crippen molar-refractivity contribution in [2.75, 3.05) is 4.90 Å². The predicted molar refractivity (Wildman–Crippen MR) is 104 cm³/mol. The quantitative estimate of drug-likeness (QED) is 0.832. The first kappa shape index (κ1) is 17.4. The highest BCUT2D eigenvalue weighted by molar-refractivity contribution is 6.21. The molecule has 4 heteroatoms. The van der Waals surface area contributed by atoms with Crippen molar-refractivity contribution in [1.29, 1.82) is 0 Å². The van der Waals surface area contributed by atoms with Gasteiger partial charge in [0.05, 0.1) is 18.2 Å². The Labute approximate surface area is 161 Å². The average Bonchev–Trinajstić information content (AvgIpc) is 2.88. The Hall–Kier alpha value is -1.68. The van der Waals surface area contributed by atoms with Crippen molar-refractivity contribution in [1.82, 2.24) is 0 Å². The summed E-state index contributed by atoms with van der Waals surface area (Å²) in [6, 6.07) is 7.87. The molecule has 2 N–H and O–H groups in total. The molecule has 2 atom stereocenters. The lowest BCUT2D eigenvalue weighted by molar-refractivity contribution is -0.720. The van der Waals surface area contributed by atoms with Crippen LogP contribution in [0.4, 0.5) is 5.69 Å². The molecule has 5 fully saturated rings. The monoisotopic (exact) mass is 367 g/mol. The second-order valence-corrected chi connectivity index (χ2v) is 9.97. The molecule has 1 aliphatic heterocycles. The SMILES string of the molecule is Cc1ccc(N2C(=O)C[C@H]([NH2+][C@H](C)C34CC5CC(CC(C5)C3)C4)C2=O)cc1. The molecule has 4 saturated carbocycles. The molecule has 0 unspecified atom stereocenters. The van der Waals surface area contributed by atoms with E-state index in [9.17, 15) is 9.59 Å². The Balaban J connectivity index is 1.32. The highest BCUT2D eigenvalue weighted by Crippen LogP contribution is 2.60. The van der Waals surface area contributed by atoms with Gasteiger partial charge in [0.1, 0.15) is 0 Å². The van der Waals surface area contributed by atoms with Crippen LogP contribution in [0.1, 0.15) is 57.4 Å². The third-order valence-corrected chi connectivity index (χ3v) is 8.05. The minimum atomic E-state index is -0.248. The summed E-state index contributed by atoms with van der Waals surface area (Å²) in [5.74, 6) is 2.66. The largest absolute Gasteiger partial charge is 0.333 e. The number of imide groups is 1. The molecule has 0 radical (unpaired) electrons. The maximum atomic E-state index is 13.0. The molecule has 5 aliphatic rings. The van der Waals surface area contributed by atoms with Crippen LogP contribution in [-0.4, -0.2) is 23.9 Å². The van der Waals surface area contributed by atoms with E-state index >= 15 is 0 Å². The lowest BCUT2D eigenvalue weighted by atomic mass is 9.48. The van der Waals surface area contributed by atoms with E-state index in [1.165, 1.54) is 43.4 Å². The Kier molecular flexibility index (Phi) is 3.98. The molecule has 1 heterocycles. The van der Waals surface area contributed by atoms with Crippen molar-refractivity contribution in [2.24, 2.45) is 23.2 Å². The lowest BCUT2D eigenvalue weighted by Gasteiger charge is -2.58. The first-order valence-electron chi connectivity index (χ1n) is 10.7. The first-order valence-corrected chi connectivity index (χ1v) is 10.7. The molecular weight excluding hydrogens is 336 g/mol. The molecule has 2 amide bonds. The van der Waals surface area contributed by atoms with Crippen molar-refractivity contribution in [3.05, 3.63) is 29.8 Å². The maximum absolute atomic E-state index is 13.0. The van der Waals surface area contributed by atoms with E-state index < -0.39 is 0 Å². The molecule has 1 saturated heterocycles. The van der Waals surface area contributed by atoms with Crippen molar-refractivity contribution in [2.45, 2.75) is 70.9 Å². The number of anilines is 1. The topological polar surface area (TPSA) is 54.0 Å². The maximum Gasteiger partial charge on any atom is 0.292 e. The fraction of sp³-hybridized carbons (Fsp3) is 0.652. The highest BCUT2D eigenvalue weighted by Gasteiger charge is 2.56. The number of nitrogens with two attached hydrogens (primary N) is 1. The van der Waals surface area contributed by atoms with Crippen molar-refractivity contribution in [3.63, 3.8) is 0 Å². The molecule has 1 aromatic carbocycles. The molecule has 4 bridgehead atoms. The normalized spacial score (nSPS) is 38.7. The van der Waals surface area contributed by atoms with Gasteiger partial charge in [-0.1, -0.05) is 17.7 Å². The smallest absolute Gasteiger partial charge is 0.292 e. The number of carbonyl (C=O) groups excluding carboxylic acids is 2. The van der Waals surface area contributed by atoms with Crippen molar-refractivity contribution >= 4 is 17.5 Å². The van der Waals surface area contributed by atoms with Gasteiger partial charge in [-0.3, -0.25) is 9.59 Å². The number of nitrogens with zero attached hydrogens (tertiary/aromatic N) is 1. The van der Waals surface area contributed by atoms with Gasteiger partial charge < -0.3 is 5.32 Å². The van der Waals surface area contributed by atoms with Gasteiger partial charge in [-0.05, 0) is 82.3 Å². The van der Waals surface area contributed by atoms with Gasteiger partial charge in [0.25, 0.3) is 5.91 Å². The molecule has 0 aromatic heterocycles. The van der Waals surface area contributed by atoms with Crippen LogP contribution in [0.25, 0.3) is 0 Å². The van der Waals surface area contributed by atoms with Crippen LogP contribution in [0.5, 0.6) is 0 Å². The van der Waals surface area contributed by atoms with Crippen LogP contribution in [0.15, 0.2) is 24.3 Å². The fourth-order valence-electron chi connectivity index (χ4n) is 7.06. The van der Waals surface area contributed by atoms with E-state index in [1.54, 1.807) is 0 Å². The zero-order chi connectivity index (χ0) is 18.8. The number of rotatable bonds is 4. The van der Waals surface area contributed by atoms with Crippen LogP contribution in [0.2, 0.25) is 0 Å². The summed E-state index contributed by atoms with van der Waals surface area (Å²) in [7, 11) is 0. The van der Waals surface area contributed by atoms with Crippen molar-refractivity contribution in [3.8, 4) is 0 Å². The van der Waals surface area contributed by atoms with Crippen molar-refractivity contribution < 1.29 is 14.9 Å². The number of hydrogen-bond donors (Lipinski definition) is 1. The zero-order valence-electron chi connectivity index (χ0n) is 16.5. The minimum absolute atomic E-state index is 0.0274. The number of aryl methyl sites for hydroxylation is 1. The Bertz CT molecular complexity index is 734. The molecular formula is C23H31N2O2+. The van der Waals surface area contributed by atoms with E-state index in [0.717, 1.165) is 23.3 Å². The summed E-state index contributed by atoms with van der Waals surface area (Å²) in [6.07, 6.45) is 8.67. The van der Waals surface area contributed by atoms with E-state index in [1.807, 2.05) is 31.2 Å². The van der Waals surface area contributed by atoms with Gasteiger partial charge in [-0.2, -0.15) is 0 Å². The van der Waals surface area contributed by atoms with E-state index in [-0.39, 0.29) is 17.9 Å². The number of carbonyl (C=O) groups is 2. The van der Waals surface area contributed by atoms with Crippen LogP contribution in [-0.2, 0) is 9.59 Å².